The summed E-state index contributed by atoms with van der Waals surface area (Å²) in [6.45, 7) is 3.19. The van der Waals surface area contributed by atoms with Crippen LogP contribution in [-0.2, 0) is 5.75 Å². The number of benzene rings is 2. The number of hydrogen-bond acceptors (Lipinski definition) is 3. The first-order valence-corrected chi connectivity index (χ1v) is 9.64. The summed E-state index contributed by atoms with van der Waals surface area (Å²) in [5, 5.41) is 9.94. The van der Waals surface area contributed by atoms with Crippen LogP contribution in [0.5, 0.6) is 0 Å². The van der Waals surface area contributed by atoms with Gasteiger partial charge in [0.25, 0.3) is 0 Å². The van der Waals surface area contributed by atoms with E-state index in [0.29, 0.717) is 12.1 Å². The molecule has 4 rings (SSSR count). The Kier molecular flexibility index (Phi) is 4.53. The second-order valence-corrected chi connectivity index (χ2v) is 7.86. The average molecular weight is 358 g/mol. The minimum Gasteiger partial charge on any atom is -0.312 e. The van der Waals surface area contributed by atoms with Crippen LogP contribution in [-0.4, -0.2) is 22.4 Å². The van der Waals surface area contributed by atoms with Crippen LogP contribution in [0.15, 0.2) is 53.6 Å². The quantitative estimate of drug-likeness (QED) is 0.673. The molecule has 1 saturated heterocycles. The molecule has 1 fully saturated rings. The number of aromatic nitrogens is 2. The minimum atomic E-state index is 0.406. The van der Waals surface area contributed by atoms with Crippen LogP contribution in [0.2, 0.25) is 5.02 Å². The average Bonchev–Trinajstić information content (AvgIpc) is 3.20. The Balaban J connectivity index is 1.62. The van der Waals surface area contributed by atoms with Crippen molar-refractivity contribution in [3.63, 3.8) is 0 Å². The molecule has 124 valence electrons. The van der Waals surface area contributed by atoms with Crippen molar-refractivity contribution in [2.45, 2.75) is 36.1 Å². The number of thioether (sulfide) groups is 1. The Hall–Kier alpha value is -1.49. The second-order valence-electron chi connectivity index (χ2n) is 6.40. The summed E-state index contributed by atoms with van der Waals surface area (Å²) in [5.41, 5.74) is 2.46. The molecule has 1 aliphatic heterocycles. The third-order valence-corrected chi connectivity index (χ3v) is 5.92. The van der Waals surface area contributed by atoms with Crippen LogP contribution in [0.3, 0.4) is 0 Å². The molecule has 0 amide bonds. The molecule has 0 spiro atoms. The van der Waals surface area contributed by atoms with E-state index in [1.165, 1.54) is 10.5 Å². The lowest BCUT2D eigenvalue weighted by atomic mass is 10.2. The van der Waals surface area contributed by atoms with Crippen molar-refractivity contribution in [2.75, 3.05) is 6.54 Å². The van der Waals surface area contributed by atoms with E-state index < -0.39 is 0 Å². The number of hydrogen-bond donors (Lipinski definition) is 1. The molecule has 3 aromatic rings. The predicted octanol–water partition coefficient (Wildman–Crippen LogP) is 4.90. The number of halogens is 1. The molecule has 3 nitrogen and oxygen atoms in total. The van der Waals surface area contributed by atoms with Crippen molar-refractivity contribution in [2.24, 2.45) is 0 Å². The first-order chi connectivity index (χ1) is 11.7. The van der Waals surface area contributed by atoms with Gasteiger partial charge in [0.05, 0.1) is 22.8 Å². The van der Waals surface area contributed by atoms with Gasteiger partial charge in [0.15, 0.2) is 0 Å². The van der Waals surface area contributed by atoms with Crippen LogP contribution in [0.1, 0.15) is 24.9 Å². The standard InChI is InChI=1S/C19H20ClN3S/c1-13-7-15(10-21-13)23-19-9-16(8-18(20)17(19)11-22-23)24-12-14-5-3-2-4-6-14/h2-6,8-9,11,13,15,21H,7,10,12H2,1H3/t13-,15+/m0/s1. The molecule has 0 aliphatic carbocycles. The summed E-state index contributed by atoms with van der Waals surface area (Å²) >= 11 is 8.33. The highest BCUT2D eigenvalue weighted by Crippen LogP contribution is 2.34. The van der Waals surface area contributed by atoms with Gasteiger partial charge in [-0.2, -0.15) is 5.10 Å². The lowest BCUT2D eigenvalue weighted by molar-refractivity contribution is 0.498. The second kappa shape index (κ2) is 6.79. The van der Waals surface area contributed by atoms with E-state index in [4.69, 9.17) is 11.6 Å². The van der Waals surface area contributed by atoms with E-state index in [-0.39, 0.29) is 0 Å². The third kappa shape index (κ3) is 3.18. The normalized spacial score (nSPS) is 20.8. The molecular formula is C19H20ClN3S. The maximum atomic E-state index is 6.51. The smallest absolute Gasteiger partial charge is 0.0712 e. The van der Waals surface area contributed by atoms with Gasteiger partial charge < -0.3 is 5.32 Å². The van der Waals surface area contributed by atoms with Crippen LogP contribution in [0.4, 0.5) is 0 Å². The van der Waals surface area contributed by atoms with Gasteiger partial charge in [-0.3, -0.25) is 4.68 Å². The molecule has 2 atom stereocenters. The molecule has 5 heteroatoms. The van der Waals surface area contributed by atoms with Gasteiger partial charge in [0, 0.05) is 28.6 Å². The fraction of sp³-hybridized carbons (Fsp3) is 0.316. The Bertz CT molecular complexity index is 846. The minimum absolute atomic E-state index is 0.406. The Morgan fingerprint density at radius 3 is 2.88 bits per heavy atom. The zero-order chi connectivity index (χ0) is 16.5. The third-order valence-electron chi connectivity index (χ3n) is 4.56. The van der Waals surface area contributed by atoms with Crippen LogP contribution in [0, 0.1) is 0 Å². The summed E-state index contributed by atoms with van der Waals surface area (Å²) in [7, 11) is 0. The summed E-state index contributed by atoms with van der Waals surface area (Å²) in [6, 6.07) is 15.7. The molecule has 0 bridgehead atoms. The van der Waals surface area contributed by atoms with Gasteiger partial charge in [0.2, 0.25) is 0 Å². The number of nitrogens with one attached hydrogen (secondary N) is 1. The molecule has 24 heavy (non-hydrogen) atoms. The Morgan fingerprint density at radius 1 is 1.29 bits per heavy atom. The largest absolute Gasteiger partial charge is 0.312 e. The van der Waals surface area contributed by atoms with Gasteiger partial charge in [-0.15, -0.1) is 11.8 Å². The highest BCUT2D eigenvalue weighted by molar-refractivity contribution is 7.98. The lowest BCUT2D eigenvalue weighted by Crippen LogP contribution is -2.17. The Labute approximate surface area is 151 Å². The van der Waals surface area contributed by atoms with Crippen molar-refractivity contribution >= 4 is 34.3 Å². The summed E-state index contributed by atoms with van der Waals surface area (Å²) in [5.74, 6) is 0.943. The van der Waals surface area contributed by atoms with Gasteiger partial charge in [-0.25, -0.2) is 0 Å². The molecule has 2 aromatic carbocycles. The fourth-order valence-corrected chi connectivity index (χ4v) is 4.54. The zero-order valence-electron chi connectivity index (χ0n) is 13.6. The number of rotatable bonds is 4. The van der Waals surface area contributed by atoms with Gasteiger partial charge >= 0.3 is 0 Å². The van der Waals surface area contributed by atoms with E-state index in [2.05, 4.69) is 58.4 Å². The SMILES string of the molecule is C[C@H]1C[C@@H](n2ncc3c(Cl)cc(SCc4ccccc4)cc32)CN1. The van der Waals surface area contributed by atoms with Crippen molar-refractivity contribution < 1.29 is 0 Å². The van der Waals surface area contributed by atoms with Gasteiger partial charge in [-0.05, 0) is 31.0 Å². The number of nitrogens with zero attached hydrogens (tertiary/aromatic N) is 2. The highest BCUT2D eigenvalue weighted by Gasteiger charge is 2.24. The molecule has 1 aliphatic rings. The van der Waals surface area contributed by atoms with E-state index in [9.17, 15) is 0 Å². The van der Waals surface area contributed by atoms with Crippen LogP contribution >= 0.6 is 23.4 Å². The first-order valence-electron chi connectivity index (χ1n) is 8.27. The lowest BCUT2D eigenvalue weighted by Gasteiger charge is -2.12. The topological polar surface area (TPSA) is 29.9 Å². The summed E-state index contributed by atoms with van der Waals surface area (Å²) in [6.07, 6.45) is 3.00. The molecule has 1 aromatic heterocycles. The van der Waals surface area contributed by atoms with Gasteiger partial charge in [-0.1, -0.05) is 41.9 Å². The highest BCUT2D eigenvalue weighted by atomic mass is 35.5. The fourth-order valence-electron chi connectivity index (χ4n) is 3.29. The maximum Gasteiger partial charge on any atom is 0.0712 e. The van der Waals surface area contributed by atoms with E-state index in [0.717, 1.165) is 34.6 Å². The van der Waals surface area contributed by atoms with E-state index >= 15 is 0 Å². The summed E-state index contributed by atoms with van der Waals surface area (Å²) < 4.78 is 2.14. The van der Waals surface area contributed by atoms with Crippen molar-refractivity contribution in [3.05, 3.63) is 59.2 Å². The zero-order valence-corrected chi connectivity index (χ0v) is 15.1. The molecular weight excluding hydrogens is 338 g/mol. The predicted molar refractivity (Wildman–Crippen MR) is 102 cm³/mol. The molecule has 0 unspecified atom stereocenters. The van der Waals surface area contributed by atoms with Crippen LogP contribution in [0.25, 0.3) is 10.9 Å². The van der Waals surface area contributed by atoms with Gasteiger partial charge in [0.1, 0.15) is 0 Å². The van der Waals surface area contributed by atoms with Crippen molar-refractivity contribution in [3.8, 4) is 0 Å². The molecule has 1 N–H and O–H groups in total. The molecule has 0 radical (unpaired) electrons. The van der Waals surface area contributed by atoms with Crippen molar-refractivity contribution in [1.82, 2.24) is 15.1 Å². The monoisotopic (exact) mass is 357 g/mol. The molecule has 0 saturated carbocycles. The van der Waals surface area contributed by atoms with E-state index in [1.807, 2.05) is 24.0 Å². The first kappa shape index (κ1) is 16.0. The molecule has 2 heterocycles. The maximum absolute atomic E-state index is 6.51. The van der Waals surface area contributed by atoms with E-state index in [1.54, 1.807) is 0 Å². The Morgan fingerprint density at radius 2 is 2.12 bits per heavy atom. The van der Waals surface area contributed by atoms with Crippen LogP contribution < -0.4 is 5.32 Å². The summed E-state index contributed by atoms with van der Waals surface area (Å²) in [4.78, 5) is 1.19. The van der Waals surface area contributed by atoms with Crippen molar-refractivity contribution in [1.29, 1.82) is 0 Å². The number of fused-ring (bicyclic) bond motifs is 1.